The van der Waals surface area contributed by atoms with E-state index in [1.54, 1.807) is 0 Å². The van der Waals surface area contributed by atoms with Crippen LogP contribution in [-0.4, -0.2) is 23.2 Å². The van der Waals surface area contributed by atoms with Crippen molar-refractivity contribution in [3.05, 3.63) is 72.8 Å². The Morgan fingerprint density at radius 3 is 1.38 bits per heavy atom. The number of fused-ring (bicyclic) bond motifs is 2. The summed E-state index contributed by atoms with van der Waals surface area (Å²) in [6.07, 6.45) is 0. The van der Waals surface area contributed by atoms with Crippen LogP contribution in [0.2, 0.25) is 12.1 Å². The second-order valence-corrected chi connectivity index (χ2v) is 21.7. The van der Waals surface area contributed by atoms with Crippen LogP contribution >= 0.6 is 17.0 Å². The van der Waals surface area contributed by atoms with Crippen molar-refractivity contribution in [1.29, 1.82) is 0 Å². The van der Waals surface area contributed by atoms with Crippen LogP contribution in [0.15, 0.2) is 72.8 Å². The van der Waals surface area contributed by atoms with Crippen LogP contribution < -0.4 is 8.85 Å². The van der Waals surface area contributed by atoms with E-state index in [0.29, 0.717) is 30.4 Å². The van der Waals surface area contributed by atoms with Crippen molar-refractivity contribution in [2.24, 2.45) is 10.8 Å². The molecule has 0 saturated heterocycles. The summed E-state index contributed by atoms with van der Waals surface area (Å²) in [7, 11) is 11.8. The standard InChI is InChI=1S/2C14H17OSi.C2H4.2ClH.Zr/c2*1-14(2,3)10-16-15-13-8-11-6-4-5-7-12(11)9-13;1-2;;;/h2*4-9H,10H2,1-3H3;1H,2H3;2*1H;/q2*-1;;;;+2/p-2. The Bertz CT molecular complexity index is 1090. The number of halogens is 2. The third kappa shape index (κ3) is 13.6. The molecule has 0 heterocycles. The molecule has 0 atom stereocenters. The minimum atomic E-state index is -1.76. The Morgan fingerprint density at radius 2 is 1.08 bits per heavy atom. The third-order valence-electron chi connectivity index (χ3n) is 4.99. The molecule has 0 fully saturated rings. The Morgan fingerprint density at radius 1 is 0.730 bits per heavy atom. The molecule has 0 unspecified atom stereocenters. The van der Waals surface area contributed by atoms with Gasteiger partial charge in [0.25, 0.3) is 0 Å². The van der Waals surface area contributed by atoms with Crippen molar-refractivity contribution in [3.8, 4) is 11.5 Å². The average Bonchev–Trinajstić information content (AvgIpc) is 3.41. The van der Waals surface area contributed by atoms with E-state index in [9.17, 15) is 0 Å². The quantitative estimate of drug-likeness (QED) is 0.153. The van der Waals surface area contributed by atoms with Gasteiger partial charge < -0.3 is 8.85 Å². The molecule has 4 rings (SSSR count). The zero-order valence-corrected chi connectivity index (χ0v) is 29.0. The van der Waals surface area contributed by atoms with Gasteiger partial charge >= 0.3 is 66.1 Å². The molecule has 4 radical (unpaired) electrons. The van der Waals surface area contributed by atoms with Crippen LogP contribution in [0.1, 0.15) is 48.5 Å². The zero-order chi connectivity index (χ0) is 27.5. The van der Waals surface area contributed by atoms with Gasteiger partial charge in [0.05, 0.1) is 0 Å². The maximum absolute atomic E-state index is 5.79. The van der Waals surface area contributed by atoms with Crippen molar-refractivity contribution in [2.75, 3.05) is 0 Å². The molecule has 198 valence electrons. The molecular formula is C30H38Cl2O2Si2Zr-2. The molecule has 7 heteroatoms. The minimum absolute atomic E-state index is 0.352. The van der Waals surface area contributed by atoms with Gasteiger partial charge in [-0.15, -0.1) is 82.2 Å². The molecule has 0 saturated carbocycles. The fourth-order valence-corrected chi connectivity index (χ4v) is 4.61. The van der Waals surface area contributed by atoms with Crippen molar-refractivity contribution in [3.63, 3.8) is 0 Å². The van der Waals surface area contributed by atoms with Gasteiger partial charge in [-0.25, -0.2) is 0 Å². The first-order valence-electron chi connectivity index (χ1n) is 12.4. The van der Waals surface area contributed by atoms with Crippen molar-refractivity contribution in [2.45, 2.75) is 60.6 Å². The fraction of sp³-hybridized carbons (Fsp3) is 0.367. The van der Waals surface area contributed by atoms with E-state index in [1.165, 1.54) is 21.5 Å². The summed E-state index contributed by atoms with van der Waals surface area (Å²) < 4.78 is 13.5. The SMILES string of the molecule is CC(C)(C)C[Si]Oc1cc2ccccc2[cH-]1.CC(C)(C)C[Si]Oc1cc2ccccc2[cH-]1.C[CH]=[Zr]([Cl])[Cl]. The summed E-state index contributed by atoms with van der Waals surface area (Å²) in [6.45, 7) is 15.3. The second-order valence-electron chi connectivity index (χ2n) is 11.2. The number of benzene rings is 2. The van der Waals surface area contributed by atoms with Gasteiger partial charge in [0, 0.05) is 11.5 Å². The maximum atomic E-state index is 5.79. The van der Waals surface area contributed by atoms with Crippen molar-refractivity contribution >= 4 is 61.8 Å². The number of hydrogen-bond donors (Lipinski definition) is 0. The van der Waals surface area contributed by atoms with Gasteiger partial charge in [-0.1, -0.05) is 53.7 Å². The number of rotatable bonds is 6. The molecule has 0 spiro atoms. The molecule has 0 aliphatic rings. The molecular weight excluding hydrogens is 611 g/mol. The van der Waals surface area contributed by atoms with E-state index in [-0.39, 0.29) is 0 Å². The van der Waals surface area contributed by atoms with Gasteiger partial charge in [-0.2, -0.15) is 0 Å². The second kappa shape index (κ2) is 15.6. The fourth-order valence-electron chi connectivity index (χ4n) is 3.03. The van der Waals surface area contributed by atoms with E-state index >= 15 is 0 Å². The monoisotopic (exact) mass is 646 g/mol. The molecule has 0 aliphatic carbocycles. The van der Waals surface area contributed by atoms with Crippen LogP contribution in [-0.2, 0) is 18.9 Å². The zero-order valence-electron chi connectivity index (χ0n) is 23.0. The van der Waals surface area contributed by atoms with Gasteiger partial charge in [-0.05, 0) is 22.9 Å². The summed E-state index contributed by atoms with van der Waals surface area (Å²) in [5.41, 5.74) is 0.703. The predicted octanol–water partition coefficient (Wildman–Crippen LogP) is 9.78. The van der Waals surface area contributed by atoms with Gasteiger partial charge in [0.1, 0.15) is 0 Å². The summed E-state index contributed by atoms with van der Waals surface area (Å²) in [6, 6.07) is 27.4. The van der Waals surface area contributed by atoms with E-state index in [4.69, 9.17) is 25.9 Å². The van der Waals surface area contributed by atoms with E-state index in [2.05, 4.69) is 114 Å². The summed E-state index contributed by atoms with van der Waals surface area (Å²) in [5.74, 6) is 2.01. The molecule has 2 nitrogen and oxygen atoms in total. The summed E-state index contributed by atoms with van der Waals surface area (Å²) in [4.78, 5) is 0. The molecule has 0 N–H and O–H groups in total. The Balaban J connectivity index is 0.000000221. The van der Waals surface area contributed by atoms with Crippen molar-refractivity contribution < 1.29 is 27.7 Å². The van der Waals surface area contributed by atoms with Crippen LogP contribution in [0.4, 0.5) is 0 Å². The topological polar surface area (TPSA) is 18.5 Å². The molecule has 4 aromatic carbocycles. The van der Waals surface area contributed by atoms with E-state index in [0.717, 1.165) is 23.6 Å². The first kappa shape index (κ1) is 32.2. The summed E-state index contributed by atoms with van der Waals surface area (Å²) >= 11 is -1.76. The summed E-state index contributed by atoms with van der Waals surface area (Å²) in [5, 5.41) is 5.05. The van der Waals surface area contributed by atoms with Crippen LogP contribution in [0.25, 0.3) is 21.5 Å². The predicted molar refractivity (Wildman–Crippen MR) is 164 cm³/mol. The number of hydrogen-bond acceptors (Lipinski definition) is 2. The third-order valence-corrected chi connectivity index (χ3v) is 11.8. The molecule has 37 heavy (non-hydrogen) atoms. The van der Waals surface area contributed by atoms with Crippen LogP contribution in [0.5, 0.6) is 11.5 Å². The Hall–Kier alpha value is -0.973. The normalized spacial score (nSPS) is 11.3. The average molecular weight is 649 g/mol. The van der Waals surface area contributed by atoms with Gasteiger partial charge in [0.15, 0.2) is 0 Å². The Labute approximate surface area is 243 Å². The molecule has 4 aromatic rings. The van der Waals surface area contributed by atoms with Gasteiger partial charge in [0.2, 0.25) is 0 Å². The molecule has 0 amide bonds. The Kier molecular flexibility index (Phi) is 13.6. The molecule has 0 aromatic heterocycles. The van der Waals surface area contributed by atoms with E-state index in [1.807, 2.05) is 10.6 Å². The first-order chi connectivity index (χ1) is 17.4. The van der Waals surface area contributed by atoms with Crippen LogP contribution in [0.3, 0.4) is 0 Å². The van der Waals surface area contributed by atoms with E-state index < -0.39 is 18.9 Å². The molecule has 0 bridgehead atoms. The van der Waals surface area contributed by atoms with Crippen LogP contribution in [0, 0.1) is 10.8 Å². The van der Waals surface area contributed by atoms with Crippen molar-refractivity contribution in [1.82, 2.24) is 0 Å². The molecule has 0 aliphatic heterocycles. The first-order valence-corrected chi connectivity index (χ1v) is 22.4. The van der Waals surface area contributed by atoms with Gasteiger partial charge in [-0.3, -0.25) is 0 Å².